The molecule has 7 N–H and O–H groups in total. The molecule has 2 saturated heterocycles. The van der Waals surface area contributed by atoms with Crippen LogP contribution in [-0.4, -0.2) is 117 Å². The number of aliphatic hydroxyl groups excluding tert-OH is 7. The second-order valence-electron chi connectivity index (χ2n) is 10.1. The molecule has 0 aromatic carbocycles. The predicted molar refractivity (Wildman–Crippen MR) is 122 cm³/mol. The molecular formula is C24H44O11. The van der Waals surface area contributed by atoms with Gasteiger partial charge < -0.3 is 54.7 Å². The Morgan fingerprint density at radius 2 is 1.26 bits per heavy atom. The van der Waals surface area contributed by atoms with Crippen LogP contribution in [0.2, 0.25) is 0 Å². The first-order valence-electron chi connectivity index (χ1n) is 13.1. The van der Waals surface area contributed by atoms with Crippen molar-refractivity contribution in [3.05, 3.63) is 0 Å². The molecule has 1 aliphatic carbocycles. The van der Waals surface area contributed by atoms with Crippen molar-refractivity contribution in [1.29, 1.82) is 0 Å². The summed E-state index contributed by atoms with van der Waals surface area (Å²) < 4.78 is 22.1. The number of ether oxygens (including phenoxy) is 4. The molecular weight excluding hydrogens is 464 g/mol. The van der Waals surface area contributed by atoms with E-state index in [0.717, 1.165) is 25.2 Å². The van der Waals surface area contributed by atoms with Gasteiger partial charge in [0.05, 0.1) is 13.2 Å². The predicted octanol–water partition coefficient (Wildman–Crippen LogP) is -0.842. The van der Waals surface area contributed by atoms with Gasteiger partial charge in [0, 0.05) is 6.61 Å². The average Bonchev–Trinajstić information content (AvgIpc) is 2.87. The monoisotopic (exact) mass is 508 g/mol. The summed E-state index contributed by atoms with van der Waals surface area (Å²) in [7, 11) is 0. The number of unbranched alkanes of at least 4 members (excludes halogenated alkanes) is 3. The summed E-state index contributed by atoms with van der Waals surface area (Å²) >= 11 is 0. The zero-order chi connectivity index (χ0) is 25.4. The van der Waals surface area contributed by atoms with E-state index in [9.17, 15) is 35.7 Å². The largest absolute Gasteiger partial charge is 0.394 e. The number of hydrogen-bond donors (Lipinski definition) is 7. The van der Waals surface area contributed by atoms with Gasteiger partial charge in [-0.05, 0) is 12.3 Å². The molecule has 0 unspecified atom stereocenters. The standard InChI is InChI=1S/C24H44O11/c25-12-15-17(27)18(28)20(30)24(33-15)35-22-16(13-26)34-23(21(31)19(22)29)32-11-7-2-1-4-8-14-9-5-3-6-10-14/h14-31H,1-13H2/t15-,16-,17-,18+,19+,20+,21-,22-,23-,24-/m1/s1. The first kappa shape index (κ1) is 29.1. The first-order chi connectivity index (χ1) is 16.9. The van der Waals surface area contributed by atoms with Crippen LogP contribution < -0.4 is 0 Å². The third-order valence-corrected chi connectivity index (χ3v) is 7.47. The van der Waals surface area contributed by atoms with E-state index < -0.39 is 74.6 Å². The van der Waals surface area contributed by atoms with E-state index in [4.69, 9.17) is 18.9 Å². The van der Waals surface area contributed by atoms with E-state index in [1.54, 1.807) is 0 Å². The lowest BCUT2D eigenvalue weighted by Crippen LogP contribution is -2.64. The van der Waals surface area contributed by atoms with E-state index >= 15 is 0 Å². The summed E-state index contributed by atoms with van der Waals surface area (Å²) in [6.45, 7) is -0.891. The Balaban J connectivity index is 1.41. The maximum Gasteiger partial charge on any atom is 0.187 e. The van der Waals surface area contributed by atoms with Crippen molar-refractivity contribution >= 4 is 0 Å². The lowest BCUT2D eigenvalue weighted by atomic mass is 9.85. The molecule has 0 amide bonds. The molecule has 2 heterocycles. The molecule has 11 nitrogen and oxygen atoms in total. The fraction of sp³-hybridized carbons (Fsp3) is 1.00. The van der Waals surface area contributed by atoms with Crippen LogP contribution in [-0.2, 0) is 18.9 Å². The Bertz CT molecular complexity index is 586. The summed E-state index contributed by atoms with van der Waals surface area (Å²) in [4.78, 5) is 0. The lowest BCUT2D eigenvalue weighted by molar-refractivity contribution is -0.359. The van der Waals surface area contributed by atoms with Crippen LogP contribution in [0.15, 0.2) is 0 Å². The van der Waals surface area contributed by atoms with Crippen LogP contribution in [0.5, 0.6) is 0 Å². The third-order valence-electron chi connectivity index (χ3n) is 7.47. The van der Waals surface area contributed by atoms with Gasteiger partial charge >= 0.3 is 0 Å². The minimum atomic E-state index is -1.69. The summed E-state index contributed by atoms with van der Waals surface area (Å²) in [6, 6.07) is 0. The van der Waals surface area contributed by atoms with Crippen LogP contribution in [0.1, 0.15) is 64.2 Å². The number of aliphatic hydroxyl groups is 7. The van der Waals surface area contributed by atoms with Gasteiger partial charge in [-0.2, -0.15) is 0 Å². The smallest absolute Gasteiger partial charge is 0.187 e. The molecule has 0 spiro atoms. The molecule has 3 fully saturated rings. The van der Waals surface area contributed by atoms with E-state index in [1.165, 1.54) is 44.9 Å². The van der Waals surface area contributed by atoms with Crippen molar-refractivity contribution < 1.29 is 54.7 Å². The van der Waals surface area contributed by atoms with Gasteiger partial charge in [-0.1, -0.05) is 57.8 Å². The van der Waals surface area contributed by atoms with Gasteiger partial charge in [0.1, 0.15) is 48.8 Å². The third kappa shape index (κ3) is 7.78. The first-order valence-corrected chi connectivity index (χ1v) is 13.1. The Kier molecular flexibility index (Phi) is 12.1. The normalized spacial score (nSPS) is 41.2. The number of hydrogen-bond acceptors (Lipinski definition) is 11. The topological polar surface area (TPSA) is 179 Å². The van der Waals surface area contributed by atoms with E-state index in [-0.39, 0.29) is 0 Å². The molecule has 35 heavy (non-hydrogen) atoms. The van der Waals surface area contributed by atoms with Crippen molar-refractivity contribution in [2.24, 2.45) is 5.92 Å². The summed E-state index contributed by atoms with van der Waals surface area (Å²) in [5, 5.41) is 70.2. The second kappa shape index (κ2) is 14.5. The second-order valence-corrected chi connectivity index (χ2v) is 10.1. The van der Waals surface area contributed by atoms with Crippen LogP contribution in [0.25, 0.3) is 0 Å². The highest BCUT2D eigenvalue weighted by atomic mass is 16.7. The minimum absolute atomic E-state index is 0.328. The molecule has 0 radical (unpaired) electrons. The molecule has 3 aliphatic rings. The van der Waals surface area contributed by atoms with Gasteiger partial charge in [-0.15, -0.1) is 0 Å². The summed E-state index contributed by atoms with van der Waals surface area (Å²) in [5.74, 6) is 0.876. The van der Waals surface area contributed by atoms with Crippen molar-refractivity contribution in [2.75, 3.05) is 19.8 Å². The molecule has 10 atom stereocenters. The number of rotatable bonds is 12. The van der Waals surface area contributed by atoms with Crippen LogP contribution in [0.3, 0.4) is 0 Å². The van der Waals surface area contributed by atoms with Gasteiger partial charge in [-0.3, -0.25) is 0 Å². The molecule has 11 heteroatoms. The minimum Gasteiger partial charge on any atom is -0.394 e. The molecule has 206 valence electrons. The molecule has 3 rings (SSSR count). The van der Waals surface area contributed by atoms with Crippen LogP contribution >= 0.6 is 0 Å². The highest BCUT2D eigenvalue weighted by molar-refractivity contribution is 4.94. The van der Waals surface area contributed by atoms with E-state index in [1.807, 2.05) is 0 Å². The van der Waals surface area contributed by atoms with Gasteiger partial charge in [0.25, 0.3) is 0 Å². The zero-order valence-corrected chi connectivity index (χ0v) is 20.3. The highest BCUT2D eigenvalue weighted by Crippen LogP contribution is 2.30. The summed E-state index contributed by atoms with van der Waals surface area (Å²) in [6.07, 6.45) is -2.12. The fourth-order valence-corrected chi connectivity index (χ4v) is 5.26. The van der Waals surface area contributed by atoms with Gasteiger partial charge in [0.15, 0.2) is 12.6 Å². The summed E-state index contributed by atoms with van der Waals surface area (Å²) in [5.41, 5.74) is 0. The van der Waals surface area contributed by atoms with Crippen molar-refractivity contribution in [3.8, 4) is 0 Å². The molecule has 0 aromatic rings. The Morgan fingerprint density at radius 3 is 1.94 bits per heavy atom. The Hall–Kier alpha value is -0.440. The quantitative estimate of drug-likeness (QED) is 0.163. The highest BCUT2D eigenvalue weighted by Gasteiger charge is 2.50. The maximum atomic E-state index is 10.6. The molecule has 1 saturated carbocycles. The van der Waals surface area contributed by atoms with Crippen LogP contribution in [0.4, 0.5) is 0 Å². The van der Waals surface area contributed by atoms with E-state index in [2.05, 4.69) is 0 Å². The Morgan fingerprint density at radius 1 is 0.629 bits per heavy atom. The van der Waals surface area contributed by atoms with Gasteiger partial charge in [-0.25, -0.2) is 0 Å². The van der Waals surface area contributed by atoms with Gasteiger partial charge in [0.2, 0.25) is 0 Å². The van der Waals surface area contributed by atoms with Crippen molar-refractivity contribution in [2.45, 2.75) is 126 Å². The van der Waals surface area contributed by atoms with Crippen molar-refractivity contribution in [3.63, 3.8) is 0 Å². The SMILES string of the molecule is OC[C@H]1O[C@H](O[C@H]2[C@@H](O)[C@@H](O)[C@H](OCCCCCCC3CCCCC3)O[C@@H]2CO)[C@@H](O)[C@@H](O)[C@@H]1O. The lowest BCUT2D eigenvalue weighted by Gasteiger charge is -2.45. The Labute approximate surface area is 206 Å². The maximum absolute atomic E-state index is 10.6. The molecule has 2 aliphatic heterocycles. The van der Waals surface area contributed by atoms with Crippen molar-refractivity contribution in [1.82, 2.24) is 0 Å². The zero-order valence-electron chi connectivity index (χ0n) is 20.3. The molecule has 0 bridgehead atoms. The molecule has 0 aromatic heterocycles. The van der Waals surface area contributed by atoms with E-state index in [0.29, 0.717) is 6.61 Å². The average molecular weight is 509 g/mol. The fourth-order valence-electron chi connectivity index (χ4n) is 5.26. The van der Waals surface area contributed by atoms with Crippen LogP contribution in [0, 0.1) is 5.92 Å².